The van der Waals surface area contributed by atoms with Gasteiger partial charge >= 0.3 is 0 Å². The summed E-state index contributed by atoms with van der Waals surface area (Å²) < 4.78 is 13.1. The minimum Gasteiger partial charge on any atom is -0.345 e. The van der Waals surface area contributed by atoms with Gasteiger partial charge in [-0.3, -0.25) is 0 Å². The first-order chi connectivity index (χ1) is 5.83. The van der Waals surface area contributed by atoms with Crippen molar-refractivity contribution in [1.29, 1.82) is 0 Å². The summed E-state index contributed by atoms with van der Waals surface area (Å²) in [5.41, 5.74) is 7.29. The second-order valence-corrected chi connectivity index (χ2v) is 2.53. The number of halogens is 3. The molecule has 2 aromatic rings. The van der Waals surface area contributed by atoms with Crippen LogP contribution in [0.25, 0.3) is 11.0 Å². The Balaban J connectivity index is 0.000000845. The van der Waals surface area contributed by atoms with Crippen LogP contribution in [0.15, 0.2) is 18.5 Å². The Morgan fingerprint density at radius 2 is 2.07 bits per heavy atom. The van der Waals surface area contributed by atoms with Crippen LogP contribution in [-0.4, -0.2) is 9.97 Å². The van der Waals surface area contributed by atoms with Gasteiger partial charge in [-0.1, -0.05) is 0 Å². The maximum Gasteiger partial charge on any atom is 0.130 e. The van der Waals surface area contributed by atoms with Crippen molar-refractivity contribution in [3.8, 4) is 0 Å². The van der Waals surface area contributed by atoms with Gasteiger partial charge in [0.05, 0.1) is 17.4 Å². The largest absolute Gasteiger partial charge is 0.345 e. The van der Waals surface area contributed by atoms with E-state index in [1.165, 1.54) is 12.4 Å². The first kappa shape index (κ1) is 13.2. The van der Waals surface area contributed by atoms with Gasteiger partial charge < -0.3 is 10.7 Å². The summed E-state index contributed by atoms with van der Waals surface area (Å²) in [5, 5.41) is 0. The average Bonchev–Trinajstić information content (AvgIpc) is 2.52. The van der Waals surface area contributed by atoms with Crippen LogP contribution in [0, 0.1) is 5.82 Å². The van der Waals surface area contributed by atoms with Crippen LogP contribution in [0.2, 0.25) is 0 Å². The van der Waals surface area contributed by atoms with Gasteiger partial charge in [0.25, 0.3) is 0 Å². The quantitative estimate of drug-likeness (QED) is 0.798. The molecule has 0 aliphatic heterocycles. The predicted octanol–water partition coefficient (Wildman–Crippen LogP) is 2.00. The monoisotopic (exact) mass is 237 g/mol. The number of imidazole rings is 1. The first-order valence-electron chi connectivity index (χ1n) is 3.63. The Morgan fingerprint density at radius 3 is 2.71 bits per heavy atom. The van der Waals surface area contributed by atoms with Gasteiger partial charge in [-0.25, -0.2) is 9.37 Å². The van der Waals surface area contributed by atoms with Crippen LogP contribution >= 0.6 is 24.8 Å². The van der Waals surface area contributed by atoms with Crippen LogP contribution in [0.4, 0.5) is 4.39 Å². The van der Waals surface area contributed by atoms with Crippen LogP contribution in [0.5, 0.6) is 0 Å². The number of nitrogens with two attached hydrogens (primary N) is 1. The fourth-order valence-corrected chi connectivity index (χ4v) is 1.24. The third kappa shape index (κ3) is 1.97. The van der Waals surface area contributed by atoms with Crippen molar-refractivity contribution >= 4 is 35.8 Å². The first-order valence-corrected chi connectivity index (χ1v) is 3.63. The van der Waals surface area contributed by atoms with Crippen molar-refractivity contribution < 1.29 is 4.39 Å². The summed E-state index contributed by atoms with van der Waals surface area (Å²) in [6, 6.07) is 3.04. The topological polar surface area (TPSA) is 54.7 Å². The SMILES string of the molecule is Cl.Cl.NCc1c(F)ccc2[nH]cnc12. The molecule has 1 heterocycles. The molecular formula is C8H10Cl2FN3. The Bertz CT molecular complexity index is 416. The fourth-order valence-electron chi connectivity index (χ4n) is 1.24. The molecule has 78 valence electrons. The second-order valence-electron chi connectivity index (χ2n) is 2.53. The zero-order chi connectivity index (χ0) is 8.55. The van der Waals surface area contributed by atoms with E-state index in [9.17, 15) is 4.39 Å². The normalized spacial score (nSPS) is 9.29. The molecule has 6 heteroatoms. The molecule has 0 unspecified atom stereocenters. The molecule has 0 amide bonds. The molecule has 1 aromatic carbocycles. The number of hydrogen-bond acceptors (Lipinski definition) is 2. The molecule has 14 heavy (non-hydrogen) atoms. The van der Waals surface area contributed by atoms with E-state index in [2.05, 4.69) is 9.97 Å². The summed E-state index contributed by atoms with van der Waals surface area (Å²) in [6.45, 7) is 0.175. The second kappa shape index (κ2) is 5.14. The van der Waals surface area contributed by atoms with Crippen LogP contribution in [-0.2, 0) is 6.54 Å². The van der Waals surface area contributed by atoms with E-state index in [1.54, 1.807) is 6.07 Å². The highest BCUT2D eigenvalue weighted by Gasteiger charge is 2.06. The average molecular weight is 238 g/mol. The fraction of sp³-hybridized carbons (Fsp3) is 0.125. The predicted molar refractivity (Wildman–Crippen MR) is 58.4 cm³/mol. The molecule has 3 N–H and O–H groups in total. The molecule has 2 rings (SSSR count). The smallest absolute Gasteiger partial charge is 0.130 e. The lowest BCUT2D eigenvalue weighted by Gasteiger charge is -1.98. The van der Waals surface area contributed by atoms with E-state index < -0.39 is 0 Å². The van der Waals surface area contributed by atoms with Crippen LogP contribution in [0.1, 0.15) is 5.56 Å². The minimum atomic E-state index is -0.294. The lowest BCUT2D eigenvalue weighted by molar-refractivity contribution is 0.613. The molecule has 0 saturated heterocycles. The summed E-state index contributed by atoms with van der Waals surface area (Å²) in [4.78, 5) is 6.86. The van der Waals surface area contributed by atoms with Gasteiger partial charge in [-0.15, -0.1) is 24.8 Å². The number of fused-ring (bicyclic) bond motifs is 1. The van der Waals surface area contributed by atoms with Crippen molar-refractivity contribution in [2.45, 2.75) is 6.54 Å². The number of nitrogens with one attached hydrogen (secondary N) is 1. The van der Waals surface area contributed by atoms with E-state index in [0.29, 0.717) is 11.1 Å². The van der Waals surface area contributed by atoms with Gasteiger partial charge in [0.1, 0.15) is 5.82 Å². The Morgan fingerprint density at radius 1 is 1.36 bits per heavy atom. The summed E-state index contributed by atoms with van der Waals surface area (Å²) in [5.74, 6) is -0.294. The highest BCUT2D eigenvalue weighted by Crippen LogP contribution is 2.17. The molecule has 0 radical (unpaired) electrons. The van der Waals surface area contributed by atoms with Gasteiger partial charge in [0.15, 0.2) is 0 Å². The van der Waals surface area contributed by atoms with Crippen molar-refractivity contribution in [2.24, 2.45) is 5.73 Å². The van der Waals surface area contributed by atoms with Crippen LogP contribution < -0.4 is 5.73 Å². The maximum atomic E-state index is 13.1. The van der Waals surface area contributed by atoms with Crippen molar-refractivity contribution in [1.82, 2.24) is 9.97 Å². The number of rotatable bonds is 1. The third-order valence-electron chi connectivity index (χ3n) is 1.84. The molecular weight excluding hydrogens is 228 g/mol. The molecule has 0 aliphatic rings. The number of aromatic amines is 1. The van der Waals surface area contributed by atoms with E-state index in [1.807, 2.05) is 0 Å². The zero-order valence-corrected chi connectivity index (χ0v) is 8.79. The van der Waals surface area contributed by atoms with Gasteiger partial charge in [0.2, 0.25) is 0 Å². The molecule has 0 atom stereocenters. The minimum absolute atomic E-state index is 0. The summed E-state index contributed by atoms with van der Waals surface area (Å²) in [6.07, 6.45) is 1.53. The number of nitrogens with zero attached hydrogens (tertiary/aromatic N) is 1. The highest BCUT2D eigenvalue weighted by atomic mass is 35.5. The Hall–Kier alpha value is -0.840. The number of aromatic nitrogens is 2. The van der Waals surface area contributed by atoms with E-state index >= 15 is 0 Å². The third-order valence-corrected chi connectivity index (χ3v) is 1.84. The molecule has 0 aliphatic carbocycles. The van der Waals surface area contributed by atoms with Gasteiger partial charge in [-0.2, -0.15) is 0 Å². The lowest BCUT2D eigenvalue weighted by Crippen LogP contribution is -2.00. The van der Waals surface area contributed by atoms with E-state index in [4.69, 9.17) is 5.73 Å². The number of hydrogen-bond donors (Lipinski definition) is 2. The van der Waals surface area contributed by atoms with Crippen molar-refractivity contribution in [3.63, 3.8) is 0 Å². The van der Waals surface area contributed by atoms with Crippen molar-refractivity contribution in [2.75, 3.05) is 0 Å². The number of H-pyrrole nitrogens is 1. The number of benzene rings is 1. The summed E-state index contributed by atoms with van der Waals surface area (Å²) >= 11 is 0. The van der Waals surface area contributed by atoms with Crippen LogP contribution in [0.3, 0.4) is 0 Å². The summed E-state index contributed by atoms with van der Waals surface area (Å²) in [7, 11) is 0. The molecule has 3 nitrogen and oxygen atoms in total. The van der Waals surface area contributed by atoms with Gasteiger partial charge in [0, 0.05) is 12.1 Å². The molecule has 0 fully saturated rings. The standard InChI is InChI=1S/C8H8FN3.2ClH/c9-6-1-2-7-8(5(6)3-10)12-4-11-7;;/h1-2,4H,3,10H2,(H,11,12);2*1H. The molecule has 1 aromatic heterocycles. The zero-order valence-electron chi connectivity index (χ0n) is 7.16. The van der Waals surface area contributed by atoms with E-state index in [0.717, 1.165) is 5.52 Å². The Kier molecular flexibility index (Phi) is 4.83. The van der Waals surface area contributed by atoms with Gasteiger partial charge in [-0.05, 0) is 12.1 Å². The van der Waals surface area contributed by atoms with E-state index in [-0.39, 0.29) is 37.2 Å². The molecule has 0 bridgehead atoms. The lowest BCUT2D eigenvalue weighted by atomic mass is 10.2. The Labute approximate surface area is 92.7 Å². The highest BCUT2D eigenvalue weighted by molar-refractivity contribution is 5.85. The van der Waals surface area contributed by atoms with Crippen molar-refractivity contribution in [3.05, 3.63) is 29.8 Å². The molecule has 0 spiro atoms. The maximum absolute atomic E-state index is 13.1. The molecule has 0 saturated carbocycles.